The van der Waals surface area contributed by atoms with Crippen LogP contribution in [0, 0.1) is 0 Å². The molecule has 35 heavy (non-hydrogen) atoms. The van der Waals surface area contributed by atoms with Crippen LogP contribution in [-0.2, 0) is 14.3 Å². The predicted molar refractivity (Wildman–Crippen MR) is 128 cm³/mol. The summed E-state index contributed by atoms with van der Waals surface area (Å²) in [6, 6.07) is 4.42. The molecule has 1 aromatic rings. The molecule has 2 fully saturated rings. The van der Waals surface area contributed by atoms with Crippen molar-refractivity contribution in [3.63, 3.8) is 0 Å². The monoisotopic (exact) mass is 499 g/mol. The van der Waals surface area contributed by atoms with Gasteiger partial charge in [0, 0.05) is 44.1 Å². The van der Waals surface area contributed by atoms with Crippen molar-refractivity contribution in [1.29, 1.82) is 0 Å². The van der Waals surface area contributed by atoms with Gasteiger partial charge in [0.15, 0.2) is 0 Å². The van der Waals surface area contributed by atoms with Crippen molar-refractivity contribution in [3.8, 4) is 0 Å². The van der Waals surface area contributed by atoms with Gasteiger partial charge in [-0.3, -0.25) is 4.79 Å². The second-order valence-electron chi connectivity index (χ2n) is 10.4. The number of alkyl halides is 3. The number of hydrogen-bond acceptors (Lipinski definition) is 6. The van der Waals surface area contributed by atoms with E-state index in [-0.39, 0.29) is 37.3 Å². The average Bonchev–Trinajstić information content (AvgIpc) is 2.78. The first-order valence-corrected chi connectivity index (χ1v) is 12.0. The maximum atomic E-state index is 13.8. The maximum Gasteiger partial charge on any atom is 0.471 e. The Labute approximate surface area is 205 Å². The van der Waals surface area contributed by atoms with Gasteiger partial charge < -0.3 is 24.2 Å². The molecule has 1 aromatic carbocycles. The number of ether oxygens (including phenoxy) is 2. The molecule has 7 nitrogen and oxygen atoms in total. The molecule has 0 radical (unpaired) electrons. The largest absolute Gasteiger partial charge is 0.471 e. The van der Waals surface area contributed by atoms with Crippen LogP contribution in [-0.4, -0.2) is 81.0 Å². The number of carbonyl (C=O) groups excluding carboxylic acids is 2. The molecule has 2 saturated heterocycles. The van der Waals surface area contributed by atoms with Crippen molar-refractivity contribution in [2.45, 2.75) is 70.3 Å². The van der Waals surface area contributed by atoms with Gasteiger partial charge in [0.25, 0.3) is 0 Å². The van der Waals surface area contributed by atoms with Crippen LogP contribution in [0.5, 0.6) is 0 Å². The summed E-state index contributed by atoms with van der Waals surface area (Å²) in [6.45, 7) is 6.98. The third kappa shape index (κ3) is 6.88. The van der Waals surface area contributed by atoms with Crippen LogP contribution in [0.1, 0.15) is 56.8 Å². The molecule has 2 heterocycles. The molecule has 196 valence electrons. The summed E-state index contributed by atoms with van der Waals surface area (Å²) in [5, 5.41) is 0. The molecular formula is C25H36F3N3O4. The first-order chi connectivity index (χ1) is 16.3. The molecule has 3 rings (SSSR count). The minimum atomic E-state index is -5.09. The van der Waals surface area contributed by atoms with Gasteiger partial charge in [-0.1, -0.05) is 0 Å². The molecule has 0 unspecified atom stereocenters. The molecule has 0 spiro atoms. The van der Waals surface area contributed by atoms with Crippen LogP contribution in [0.25, 0.3) is 0 Å². The van der Waals surface area contributed by atoms with Crippen LogP contribution in [0.2, 0.25) is 0 Å². The molecule has 0 aliphatic carbocycles. The lowest BCUT2D eigenvalue weighted by Crippen LogP contribution is -2.50. The highest BCUT2D eigenvalue weighted by Gasteiger charge is 2.46. The van der Waals surface area contributed by atoms with Gasteiger partial charge in [0.05, 0.1) is 11.3 Å². The number of carbonyl (C=O) groups is 2. The normalized spacial score (nSPS) is 18.6. The number of rotatable bonds is 5. The molecule has 0 atom stereocenters. The van der Waals surface area contributed by atoms with Gasteiger partial charge in [-0.2, -0.15) is 13.2 Å². The lowest BCUT2D eigenvalue weighted by molar-refractivity contribution is -0.171. The fraction of sp³-hybridized carbons (Fsp3) is 0.680. The van der Waals surface area contributed by atoms with E-state index < -0.39 is 29.7 Å². The maximum absolute atomic E-state index is 13.8. The minimum Gasteiger partial charge on any atom is -0.456 e. The summed E-state index contributed by atoms with van der Waals surface area (Å²) in [7, 11) is 4.06. The second-order valence-corrected chi connectivity index (χ2v) is 10.4. The smallest absolute Gasteiger partial charge is 0.456 e. The van der Waals surface area contributed by atoms with Crippen LogP contribution >= 0.6 is 0 Å². The van der Waals surface area contributed by atoms with E-state index in [1.165, 1.54) is 12.1 Å². The molecule has 2 aliphatic heterocycles. The minimum absolute atomic E-state index is 0.0593. The highest BCUT2D eigenvalue weighted by Crippen LogP contribution is 2.36. The fourth-order valence-electron chi connectivity index (χ4n) is 4.61. The topological polar surface area (TPSA) is 62.3 Å². The van der Waals surface area contributed by atoms with Gasteiger partial charge in [-0.25, -0.2) is 4.79 Å². The van der Waals surface area contributed by atoms with Crippen LogP contribution in [0.4, 0.5) is 24.5 Å². The lowest BCUT2D eigenvalue weighted by Gasteiger charge is -2.38. The summed E-state index contributed by atoms with van der Waals surface area (Å²) in [5.74, 6) is -2.75. The molecule has 10 heteroatoms. The summed E-state index contributed by atoms with van der Waals surface area (Å²) in [6.07, 6.45) is -2.80. The fourth-order valence-corrected chi connectivity index (χ4v) is 4.61. The Morgan fingerprint density at radius 1 is 1.00 bits per heavy atom. The van der Waals surface area contributed by atoms with Crippen molar-refractivity contribution >= 4 is 23.3 Å². The molecule has 2 aliphatic rings. The Bertz CT molecular complexity index is 900. The number of piperidine rings is 1. The van der Waals surface area contributed by atoms with Crippen LogP contribution in [0.15, 0.2) is 18.2 Å². The first-order valence-electron chi connectivity index (χ1n) is 12.0. The number of anilines is 2. The Morgan fingerprint density at radius 3 is 2.11 bits per heavy atom. The number of nitrogens with zero attached hydrogens (tertiary/aromatic N) is 3. The third-order valence-corrected chi connectivity index (χ3v) is 6.44. The summed E-state index contributed by atoms with van der Waals surface area (Å²) < 4.78 is 52.1. The molecular weight excluding hydrogens is 463 g/mol. The first kappa shape index (κ1) is 27.3. The van der Waals surface area contributed by atoms with E-state index in [2.05, 4.69) is 9.80 Å². The Hall–Kier alpha value is -2.33. The summed E-state index contributed by atoms with van der Waals surface area (Å²) >= 11 is 0. The van der Waals surface area contributed by atoms with Crippen molar-refractivity contribution in [3.05, 3.63) is 23.8 Å². The quantitative estimate of drug-likeness (QED) is 0.565. The van der Waals surface area contributed by atoms with Crippen LogP contribution in [0.3, 0.4) is 0 Å². The predicted octanol–water partition coefficient (Wildman–Crippen LogP) is 4.25. The zero-order valence-corrected chi connectivity index (χ0v) is 21.2. The van der Waals surface area contributed by atoms with Crippen molar-refractivity contribution in [2.24, 2.45) is 0 Å². The van der Waals surface area contributed by atoms with Crippen molar-refractivity contribution in [2.75, 3.05) is 50.2 Å². The molecule has 0 saturated carbocycles. The Kier molecular flexibility index (Phi) is 8.36. The highest BCUT2D eigenvalue weighted by molar-refractivity contribution is 6.05. The van der Waals surface area contributed by atoms with Gasteiger partial charge in [-0.05, 0) is 78.7 Å². The zero-order valence-electron chi connectivity index (χ0n) is 21.2. The van der Waals surface area contributed by atoms with E-state index in [1.54, 1.807) is 26.8 Å². The average molecular weight is 500 g/mol. The molecule has 1 amide bonds. The SMILES string of the molecule is CN(C)C1CCN(c2ccc(C(=O)OC(C)(C)C)c(N(C(=O)C(F)(F)F)C3CCOCC3)c2)CC1. The molecule has 0 bridgehead atoms. The van der Waals surface area contributed by atoms with E-state index >= 15 is 0 Å². The van der Waals surface area contributed by atoms with E-state index in [0.29, 0.717) is 11.7 Å². The van der Waals surface area contributed by atoms with E-state index in [1.807, 2.05) is 14.1 Å². The lowest BCUT2D eigenvalue weighted by atomic mass is 10.0. The number of amides is 1. The number of esters is 1. The number of halogens is 3. The van der Waals surface area contributed by atoms with Crippen molar-refractivity contribution < 1.29 is 32.2 Å². The molecule has 0 aromatic heterocycles. The zero-order chi connectivity index (χ0) is 26.0. The van der Waals surface area contributed by atoms with E-state index in [4.69, 9.17) is 9.47 Å². The van der Waals surface area contributed by atoms with Gasteiger partial charge >= 0.3 is 18.1 Å². The number of benzene rings is 1. The van der Waals surface area contributed by atoms with Gasteiger partial charge in [0.1, 0.15) is 5.60 Å². The highest BCUT2D eigenvalue weighted by atomic mass is 19.4. The number of hydrogen-bond donors (Lipinski definition) is 0. The van der Waals surface area contributed by atoms with Crippen molar-refractivity contribution in [1.82, 2.24) is 4.90 Å². The Morgan fingerprint density at radius 2 is 1.60 bits per heavy atom. The summed E-state index contributed by atoms with van der Waals surface area (Å²) in [5.41, 5.74) is -0.299. The standard InChI is InChI=1S/C25H36F3N3O4/c1-24(2,3)35-22(32)20-7-6-19(30-12-8-17(9-13-30)29(4)5)16-21(20)31(23(33)25(26,27)28)18-10-14-34-15-11-18/h6-7,16-18H,8-15H2,1-5H3. The van der Waals surface area contributed by atoms with Gasteiger partial charge in [-0.15, -0.1) is 0 Å². The van der Waals surface area contributed by atoms with E-state index in [9.17, 15) is 22.8 Å². The van der Waals surface area contributed by atoms with Gasteiger partial charge in [0.2, 0.25) is 0 Å². The third-order valence-electron chi connectivity index (χ3n) is 6.44. The second kappa shape index (κ2) is 10.7. The van der Waals surface area contributed by atoms with E-state index in [0.717, 1.165) is 30.8 Å². The molecule has 0 N–H and O–H groups in total. The summed E-state index contributed by atoms with van der Waals surface area (Å²) in [4.78, 5) is 30.8. The van der Waals surface area contributed by atoms with Crippen LogP contribution < -0.4 is 9.80 Å². The Balaban J connectivity index is 2.06.